The maximum absolute atomic E-state index is 13.2. The molecule has 122 valence electrons. The smallest absolute Gasteiger partial charge is 0.247 e. The van der Waals surface area contributed by atoms with Gasteiger partial charge in [-0.05, 0) is 24.6 Å². The average molecular weight is 334 g/mol. The summed E-state index contributed by atoms with van der Waals surface area (Å²) in [6.07, 6.45) is -1.54. The van der Waals surface area contributed by atoms with Crippen LogP contribution in [-0.2, 0) is 9.59 Å². The lowest BCUT2D eigenvalue weighted by Gasteiger charge is -2.11. The minimum atomic E-state index is -2.51. The number of carbonyl (C=O) groups excluding carboxylic acids is 2. The lowest BCUT2D eigenvalue weighted by atomic mass is 10.3. The molecule has 4 nitrogen and oxygen atoms in total. The van der Waals surface area contributed by atoms with Gasteiger partial charge in [0.15, 0.2) is 0 Å². The van der Waals surface area contributed by atoms with Crippen LogP contribution in [0.5, 0.6) is 0 Å². The molecule has 0 atom stereocenters. The number of benzene rings is 1. The second kappa shape index (κ2) is 9.34. The summed E-state index contributed by atoms with van der Waals surface area (Å²) in [5, 5.41) is 4.83. The van der Waals surface area contributed by atoms with Crippen molar-refractivity contribution >= 4 is 29.3 Å². The van der Waals surface area contributed by atoms with Crippen molar-refractivity contribution in [1.29, 1.82) is 0 Å². The Morgan fingerprint density at radius 2 is 2.00 bits per heavy atom. The van der Waals surface area contributed by atoms with E-state index in [0.717, 1.165) is 23.9 Å². The molecule has 22 heavy (non-hydrogen) atoms. The summed E-state index contributed by atoms with van der Waals surface area (Å²) < 4.78 is 37.7. The number of alkyl halides is 2. The molecule has 1 aromatic carbocycles. The SMILES string of the molecule is CCCC(=O)NCC(=O)Nc1cc(F)ccc1SCC(F)F. The highest BCUT2D eigenvalue weighted by Gasteiger charge is 2.12. The highest BCUT2D eigenvalue weighted by Crippen LogP contribution is 2.29. The zero-order valence-corrected chi connectivity index (χ0v) is 12.8. The number of rotatable bonds is 8. The lowest BCUT2D eigenvalue weighted by Crippen LogP contribution is -2.32. The predicted molar refractivity (Wildman–Crippen MR) is 79.7 cm³/mol. The van der Waals surface area contributed by atoms with Crippen molar-refractivity contribution in [3.63, 3.8) is 0 Å². The topological polar surface area (TPSA) is 58.2 Å². The number of thioether (sulfide) groups is 1. The fourth-order valence-corrected chi connectivity index (χ4v) is 2.30. The first kappa shape index (κ1) is 18.3. The molecular weight excluding hydrogens is 317 g/mol. The number of amides is 2. The van der Waals surface area contributed by atoms with Crippen molar-refractivity contribution in [3.05, 3.63) is 24.0 Å². The number of carbonyl (C=O) groups is 2. The van der Waals surface area contributed by atoms with E-state index in [1.54, 1.807) is 0 Å². The van der Waals surface area contributed by atoms with Gasteiger partial charge in [-0.3, -0.25) is 9.59 Å². The van der Waals surface area contributed by atoms with E-state index in [9.17, 15) is 22.8 Å². The largest absolute Gasteiger partial charge is 0.347 e. The molecule has 0 fully saturated rings. The lowest BCUT2D eigenvalue weighted by molar-refractivity contribution is -0.124. The van der Waals surface area contributed by atoms with Gasteiger partial charge in [0.2, 0.25) is 18.2 Å². The van der Waals surface area contributed by atoms with Gasteiger partial charge in [0.1, 0.15) is 5.82 Å². The average Bonchev–Trinajstić information content (AvgIpc) is 2.44. The standard InChI is InChI=1S/C14H17F3N2O2S/c1-2-3-13(20)18-7-14(21)19-10-6-9(15)4-5-11(10)22-8-12(16)17/h4-6,12H,2-3,7-8H2,1H3,(H,18,20)(H,19,21). The van der Waals surface area contributed by atoms with E-state index in [0.29, 0.717) is 17.7 Å². The first-order chi connectivity index (χ1) is 10.4. The first-order valence-electron chi connectivity index (χ1n) is 6.69. The second-order valence-electron chi connectivity index (χ2n) is 4.42. The number of hydrogen-bond donors (Lipinski definition) is 2. The normalized spacial score (nSPS) is 10.6. The molecule has 0 aliphatic rings. The summed E-state index contributed by atoms with van der Waals surface area (Å²) in [5.41, 5.74) is 0.111. The van der Waals surface area contributed by atoms with Gasteiger partial charge in [-0.1, -0.05) is 6.92 Å². The van der Waals surface area contributed by atoms with Crippen molar-refractivity contribution in [1.82, 2.24) is 5.32 Å². The van der Waals surface area contributed by atoms with Crippen LogP contribution in [0.1, 0.15) is 19.8 Å². The molecule has 0 saturated carbocycles. The minimum absolute atomic E-state index is 0.111. The fourth-order valence-electron chi connectivity index (χ4n) is 1.57. The monoisotopic (exact) mass is 334 g/mol. The molecule has 8 heteroatoms. The van der Waals surface area contributed by atoms with Gasteiger partial charge in [0.25, 0.3) is 0 Å². The molecule has 0 aliphatic carbocycles. The maximum Gasteiger partial charge on any atom is 0.247 e. The summed E-state index contributed by atoms with van der Waals surface area (Å²) in [6.45, 7) is 1.58. The van der Waals surface area contributed by atoms with Crippen molar-refractivity contribution in [3.8, 4) is 0 Å². The quantitative estimate of drug-likeness (QED) is 0.719. The molecule has 0 spiro atoms. The molecule has 0 saturated heterocycles. The van der Waals surface area contributed by atoms with Crippen LogP contribution in [0.2, 0.25) is 0 Å². The summed E-state index contributed by atoms with van der Waals surface area (Å²) in [5.74, 6) is -1.85. The summed E-state index contributed by atoms with van der Waals surface area (Å²) >= 11 is 0.820. The molecule has 0 bridgehead atoms. The third-order valence-corrected chi connectivity index (χ3v) is 3.59. The van der Waals surface area contributed by atoms with Crippen molar-refractivity contribution < 1.29 is 22.8 Å². The molecule has 2 amide bonds. The number of halogens is 3. The van der Waals surface area contributed by atoms with Gasteiger partial charge in [0.05, 0.1) is 18.0 Å². The Hall–Kier alpha value is -1.70. The Balaban J connectivity index is 2.64. The molecule has 1 rings (SSSR count). The van der Waals surface area contributed by atoms with Crippen molar-refractivity contribution in [2.24, 2.45) is 0 Å². The van der Waals surface area contributed by atoms with E-state index in [1.165, 1.54) is 6.07 Å². The van der Waals surface area contributed by atoms with Crippen LogP contribution in [0.4, 0.5) is 18.9 Å². The molecule has 1 aromatic rings. The molecule has 0 heterocycles. The Morgan fingerprint density at radius 3 is 2.64 bits per heavy atom. The van der Waals surface area contributed by atoms with Crippen molar-refractivity contribution in [2.45, 2.75) is 31.1 Å². The van der Waals surface area contributed by atoms with Gasteiger partial charge < -0.3 is 10.6 Å². The van der Waals surface area contributed by atoms with Gasteiger partial charge in [-0.2, -0.15) is 0 Å². The highest BCUT2D eigenvalue weighted by molar-refractivity contribution is 7.99. The Bertz CT molecular complexity index is 527. The van der Waals surface area contributed by atoms with Crippen LogP contribution in [0.25, 0.3) is 0 Å². The molecule has 0 radical (unpaired) electrons. The molecule has 0 aromatic heterocycles. The van der Waals surface area contributed by atoms with Gasteiger partial charge in [-0.15, -0.1) is 11.8 Å². The molecule has 0 aliphatic heterocycles. The Kier molecular flexibility index (Phi) is 7.79. The van der Waals surface area contributed by atoms with Crippen LogP contribution < -0.4 is 10.6 Å². The third-order valence-electron chi connectivity index (χ3n) is 2.50. The fraction of sp³-hybridized carbons (Fsp3) is 0.429. The molecule has 2 N–H and O–H groups in total. The number of hydrogen-bond acceptors (Lipinski definition) is 3. The Labute approximate surface area is 130 Å². The molecule has 0 unspecified atom stereocenters. The molecular formula is C14H17F3N2O2S. The van der Waals surface area contributed by atoms with E-state index < -0.39 is 23.9 Å². The van der Waals surface area contributed by atoms with E-state index in [-0.39, 0.29) is 18.1 Å². The van der Waals surface area contributed by atoms with Crippen LogP contribution in [0.15, 0.2) is 23.1 Å². The van der Waals surface area contributed by atoms with Crippen LogP contribution in [-0.4, -0.2) is 30.5 Å². The van der Waals surface area contributed by atoms with Crippen LogP contribution >= 0.6 is 11.8 Å². The van der Waals surface area contributed by atoms with E-state index >= 15 is 0 Å². The van der Waals surface area contributed by atoms with E-state index in [1.807, 2.05) is 6.92 Å². The van der Waals surface area contributed by atoms with Gasteiger partial charge in [0, 0.05) is 11.3 Å². The Morgan fingerprint density at radius 1 is 1.27 bits per heavy atom. The van der Waals surface area contributed by atoms with Crippen LogP contribution in [0.3, 0.4) is 0 Å². The number of nitrogens with one attached hydrogen (secondary N) is 2. The maximum atomic E-state index is 13.2. The zero-order valence-electron chi connectivity index (χ0n) is 12.0. The second-order valence-corrected chi connectivity index (χ2v) is 5.48. The third kappa shape index (κ3) is 6.84. The van der Waals surface area contributed by atoms with E-state index in [4.69, 9.17) is 0 Å². The van der Waals surface area contributed by atoms with Gasteiger partial charge in [-0.25, -0.2) is 13.2 Å². The summed E-state index contributed by atoms with van der Waals surface area (Å²) in [6, 6.07) is 3.51. The first-order valence-corrected chi connectivity index (χ1v) is 7.68. The van der Waals surface area contributed by atoms with Crippen molar-refractivity contribution in [2.75, 3.05) is 17.6 Å². The minimum Gasteiger partial charge on any atom is -0.347 e. The van der Waals surface area contributed by atoms with Crippen LogP contribution in [0, 0.1) is 5.82 Å². The summed E-state index contributed by atoms with van der Waals surface area (Å²) in [4.78, 5) is 23.3. The predicted octanol–water partition coefficient (Wildman–Crippen LogP) is 3.04. The van der Waals surface area contributed by atoms with E-state index in [2.05, 4.69) is 10.6 Å². The van der Waals surface area contributed by atoms with Gasteiger partial charge >= 0.3 is 0 Å². The highest BCUT2D eigenvalue weighted by atomic mass is 32.2. The zero-order chi connectivity index (χ0) is 16.5. The number of anilines is 1. The summed E-state index contributed by atoms with van der Waals surface area (Å²) in [7, 11) is 0.